The first kappa shape index (κ1) is 15.6. The molecule has 0 fully saturated rings. The van der Waals surface area contributed by atoms with Crippen molar-refractivity contribution in [2.75, 3.05) is 0 Å². The highest BCUT2D eigenvalue weighted by Crippen LogP contribution is 2.34. The number of hydrogen-bond acceptors (Lipinski definition) is 0. The van der Waals surface area contributed by atoms with Crippen molar-refractivity contribution in [2.24, 2.45) is 0 Å². The van der Waals surface area contributed by atoms with Crippen LogP contribution in [0.15, 0.2) is 93.9 Å². The molecule has 0 atom stereocenters. The minimum Gasteiger partial charge on any atom is -0.0616 e. The standard InChI is InChI=1S/C22H14Br2/c23-19-9-5-15(6-10-19)18-13-17-3-1-2-4-21(17)22(14-18)16-7-11-20(24)12-8-16/h1-14H. The molecule has 0 aromatic heterocycles. The van der Waals surface area contributed by atoms with Gasteiger partial charge in [-0.05, 0) is 69.4 Å². The Hall–Kier alpha value is -1.90. The Labute approximate surface area is 158 Å². The van der Waals surface area contributed by atoms with Gasteiger partial charge in [0.15, 0.2) is 0 Å². The second kappa shape index (κ2) is 6.54. The zero-order valence-electron chi connectivity index (χ0n) is 12.8. The lowest BCUT2D eigenvalue weighted by Crippen LogP contribution is -1.85. The second-order valence-corrected chi connectivity index (χ2v) is 7.59. The molecule has 0 aliphatic rings. The first-order chi connectivity index (χ1) is 11.7. The van der Waals surface area contributed by atoms with Crippen LogP contribution in [0.3, 0.4) is 0 Å². The molecule has 2 heteroatoms. The number of halogens is 2. The molecule has 0 bridgehead atoms. The maximum atomic E-state index is 3.52. The van der Waals surface area contributed by atoms with E-state index in [9.17, 15) is 0 Å². The Morgan fingerprint density at radius 2 is 1.08 bits per heavy atom. The normalized spacial score (nSPS) is 10.9. The van der Waals surface area contributed by atoms with Gasteiger partial charge < -0.3 is 0 Å². The monoisotopic (exact) mass is 436 g/mol. The van der Waals surface area contributed by atoms with Crippen LogP contribution in [-0.2, 0) is 0 Å². The topological polar surface area (TPSA) is 0 Å². The van der Waals surface area contributed by atoms with E-state index < -0.39 is 0 Å². The number of fused-ring (bicyclic) bond motifs is 1. The van der Waals surface area contributed by atoms with E-state index in [-0.39, 0.29) is 0 Å². The molecule has 0 saturated carbocycles. The van der Waals surface area contributed by atoms with Crippen LogP contribution in [0, 0.1) is 0 Å². The van der Waals surface area contributed by atoms with Gasteiger partial charge in [0.05, 0.1) is 0 Å². The number of hydrogen-bond donors (Lipinski definition) is 0. The van der Waals surface area contributed by atoms with Gasteiger partial charge in [0.25, 0.3) is 0 Å². The molecule has 0 unspecified atom stereocenters. The summed E-state index contributed by atoms with van der Waals surface area (Å²) in [6.45, 7) is 0. The van der Waals surface area contributed by atoms with Crippen LogP contribution in [0.5, 0.6) is 0 Å². The fraction of sp³-hybridized carbons (Fsp3) is 0. The molecular weight excluding hydrogens is 424 g/mol. The van der Waals surface area contributed by atoms with E-state index >= 15 is 0 Å². The fourth-order valence-electron chi connectivity index (χ4n) is 2.99. The van der Waals surface area contributed by atoms with E-state index in [0.717, 1.165) is 8.95 Å². The summed E-state index contributed by atoms with van der Waals surface area (Å²) in [5.74, 6) is 0. The molecule has 0 aliphatic heterocycles. The van der Waals surface area contributed by atoms with Crippen molar-refractivity contribution in [2.45, 2.75) is 0 Å². The third-order valence-electron chi connectivity index (χ3n) is 4.19. The van der Waals surface area contributed by atoms with Crippen LogP contribution >= 0.6 is 31.9 Å². The van der Waals surface area contributed by atoms with Gasteiger partial charge in [-0.15, -0.1) is 0 Å². The summed E-state index contributed by atoms with van der Waals surface area (Å²) >= 11 is 7.03. The van der Waals surface area contributed by atoms with Crippen LogP contribution in [0.25, 0.3) is 33.0 Å². The van der Waals surface area contributed by atoms with Crippen LogP contribution in [0.1, 0.15) is 0 Å². The zero-order chi connectivity index (χ0) is 16.5. The number of rotatable bonds is 2. The Morgan fingerprint density at radius 1 is 0.500 bits per heavy atom. The molecule has 4 aromatic rings. The minimum absolute atomic E-state index is 1.10. The van der Waals surface area contributed by atoms with Crippen molar-refractivity contribution in [1.82, 2.24) is 0 Å². The molecule has 4 rings (SSSR count). The molecule has 0 saturated heterocycles. The SMILES string of the molecule is Brc1ccc(-c2cc(-c3ccc(Br)cc3)c3ccccc3c2)cc1. The first-order valence-electron chi connectivity index (χ1n) is 7.75. The zero-order valence-corrected chi connectivity index (χ0v) is 16.0. The molecule has 0 heterocycles. The van der Waals surface area contributed by atoms with E-state index in [1.165, 1.54) is 33.0 Å². The lowest BCUT2D eigenvalue weighted by Gasteiger charge is -2.11. The Morgan fingerprint density at radius 3 is 1.75 bits per heavy atom. The predicted octanol–water partition coefficient (Wildman–Crippen LogP) is 7.70. The quantitative estimate of drug-likeness (QED) is 0.301. The molecular formula is C22H14Br2. The predicted molar refractivity (Wildman–Crippen MR) is 110 cm³/mol. The molecule has 0 amide bonds. The van der Waals surface area contributed by atoms with Crippen molar-refractivity contribution in [1.29, 1.82) is 0 Å². The van der Waals surface area contributed by atoms with E-state index in [2.05, 4.69) is 117 Å². The Balaban J connectivity index is 1.97. The highest BCUT2D eigenvalue weighted by molar-refractivity contribution is 9.10. The van der Waals surface area contributed by atoms with Crippen LogP contribution in [0.2, 0.25) is 0 Å². The van der Waals surface area contributed by atoms with Crippen LogP contribution < -0.4 is 0 Å². The molecule has 116 valence electrons. The summed E-state index contributed by atoms with van der Waals surface area (Å²) in [6, 6.07) is 30.1. The van der Waals surface area contributed by atoms with Gasteiger partial charge >= 0.3 is 0 Å². The van der Waals surface area contributed by atoms with Gasteiger partial charge in [-0.2, -0.15) is 0 Å². The lowest BCUT2D eigenvalue weighted by atomic mass is 9.93. The summed E-state index contributed by atoms with van der Waals surface area (Å²) in [7, 11) is 0. The highest BCUT2D eigenvalue weighted by Gasteiger charge is 2.08. The average molecular weight is 438 g/mol. The number of benzene rings is 4. The van der Waals surface area contributed by atoms with Crippen LogP contribution in [-0.4, -0.2) is 0 Å². The summed E-state index contributed by atoms with van der Waals surface area (Å²) in [5, 5.41) is 2.54. The van der Waals surface area contributed by atoms with Crippen molar-refractivity contribution >= 4 is 42.6 Å². The molecule has 24 heavy (non-hydrogen) atoms. The third-order valence-corrected chi connectivity index (χ3v) is 5.25. The minimum atomic E-state index is 1.10. The van der Waals surface area contributed by atoms with E-state index in [4.69, 9.17) is 0 Å². The van der Waals surface area contributed by atoms with Crippen molar-refractivity contribution in [3.05, 3.63) is 93.9 Å². The van der Waals surface area contributed by atoms with Crippen LogP contribution in [0.4, 0.5) is 0 Å². The maximum absolute atomic E-state index is 3.52. The van der Waals surface area contributed by atoms with Crippen molar-refractivity contribution in [3.8, 4) is 22.3 Å². The first-order valence-corrected chi connectivity index (χ1v) is 9.34. The molecule has 0 N–H and O–H groups in total. The summed E-state index contributed by atoms with van der Waals surface area (Å²) in [6.07, 6.45) is 0. The molecule has 0 aliphatic carbocycles. The molecule has 4 aromatic carbocycles. The second-order valence-electron chi connectivity index (χ2n) is 5.76. The maximum Gasteiger partial charge on any atom is 0.0175 e. The molecule has 0 spiro atoms. The van der Waals surface area contributed by atoms with Gasteiger partial charge in [0, 0.05) is 8.95 Å². The van der Waals surface area contributed by atoms with E-state index in [0.29, 0.717) is 0 Å². The largest absolute Gasteiger partial charge is 0.0616 e. The summed E-state index contributed by atoms with van der Waals surface area (Å²) < 4.78 is 2.19. The molecule has 0 radical (unpaired) electrons. The summed E-state index contributed by atoms with van der Waals surface area (Å²) in [4.78, 5) is 0. The lowest BCUT2D eigenvalue weighted by molar-refractivity contribution is 1.59. The Bertz CT molecular complexity index is 1000. The van der Waals surface area contributed by atoms with Gasteiger partial charge in [-0.1, -0.05) is 80.4 Å². The van der Waals surface area contributed by atoms with Gasteiger partial charge in [-0.25, -0.2) is 0 Å². The highest BCUT2D eigenvalue weighted by atomic mass is 79.9. The van der Waals surface area contributed by atoms with Gasteiger partial charge in [0.1, 0.15) is 0 Å². The van der Waals surface area contributed by atoms with Crippen molar-refractivity contribution in [3.63, 3.8) is 0 Å². The van der Waals surface area contributed by atoms with Gasteiger partial charge in [0.2, 0.25) is 0 Å². The van der Waals surface area contributed by atoms with Crippen molar-refractivity contribution < 1.29 is 0 Å². The van der Waals surface area contributed by atoms with E-state index in [1.54, 1.807) is 0 Å². The Kier molecular flexibility index (Phi) is 4.26. The smallest absolute Gasteiger partial charge is 0.0175 e. The third kappa shape index (κ3) is 3.04. The molecule has 0 nitrogen and oxygen atoms in total. The van der Waals surface area contributed by atoms with Gasteiger partial charge in [-0.3, -0.25) is 0 Å². The average Bonchev–Trinajstić information content (AvgIpc) is 2.62. The summed E-state index contributed by atoms with van der Waals surface area (Å²) in [5.41, 5.74) is 4.95. The van der Waals surface area contributed by atoms with E-state index in [1.807, 2.05) is 0 Å². The fourth-order valence-corrected chi connectivity index (χ4v) is 3.52.